The van der Waals surface area contributed by atoms with Crippen LogP contribution in [0.4, 0.5) is 4.39 Å². The Morgan fingerprint density at radius 1 is 1.57 bits per heavy atom. The predicted octanol–water partition coefficient (Wildman–Crippen LogP) is 2.46. The number of carbonyl (C=O) groups is 1. The molecule has 1 heterocycles. The lowest BCUT2D eigenvalue weighted by Crippen LogP contribution is -2.41. The summed E-state index contributed by atoms with van der Waals surface area (Å²) in [6, 6.07) is 4.23. The Bertz CT molecular complexity index is 499. The average molecular weight is 315 g/mol. The first kappa shape index (κ1) is 16.0. The van der Waals surface area contributed by atoms with Gasteiger partial charge in [0.15, 0.2) is 0 Å². The number of likely N-dealkylation sites (tertiary alicyclic amines) is 1. The second kappa shape index (κ2) is 7.61. The molecule has 0 aromatic heterocycles. The molecular weight excluding hydrogens is 295 g/mol. The summed E-state index contributed by atoms with van der Waals surface area (Å²) in [6.45, 7) is 1.87. The van der Waals surface area contributed by atoms with E-state index < -0.39 is 5.82 Å². The van der Waals surface area contributed by atoms with Crippen LogP contribution >= 0.6 is 11.6 Å². The zero-order chi connectivity index (χ0) is 15.2. The zero-order valence-corrected chi connectivity index (χ0v) is 12.8. The van der Waals surface area contributed by atoms with Crippen molar-refractivity contribution in [2.45, 2.75) is 25.3 Å². The molecule has 0 saturated carbocycles. The second-order valence-electron chi connectivity index (χ2n) is 5.11. The molecule has 116 valence electrons. The highest BCUT2D eigenvalue weighted by atomic mass is 35.5. The molecule has 0 radical (unpaired) electrons. The third-order valence-electron chi connectivity index (χ3n) is 3.60. The molecule has 1 fully saturated rings. The summed E-state index contributed by atoms with van der Waals surface area (Å²) >= 11 is 5.87. The molecule has 6 heteroatoms. The largest absolute Gasteiger partial charge is 0.491 e. The molecule has 1 amide bonds. The van der Waals surface area contributed by atoms with Crippen molar-refractivity contribution in [3.8, 4) is 5.75 Å². The Kier molecular flexibility index (Phi) is 5.82. The molecule has 1 N–H and O–H groups in total. The number of benzene rings is 1. The van der Waals surface area contributed by atoms with Crippen molar-refractivity contribution in [1.29, 1.82) is 0 Å². The third-order valence-corrected chi connectivity index (χ3v) is 3.90. The molecule has 21 heavy (non-hydrogen) atoms. The molecule has 1 aromatic rings. The number of ether oxygens (including phenoxy) is 1. The van der Waals surface area contributed by atoms with E-state index in [4.69, 9.17) is 16.3 Å². The standard InChI is InChI=1S/C15H20ClFN2O2/c1-18-10-12-3-2-7-19(12)15(20)6-8-21-14-5-4-11(17)9-13(14)16/h4-5,9,12,18H,2-3,6-8,10H2,1H3/t12-/m1/s1. The Labute approximate surface area is 129 Å². The predicted molar refractivity (Wildman–Crippen MR) is 80.2 cm³/mol. The van der Waals surface area contributed by atoms with Gasteiger partial charge in [-0.05, 0) is 38.1 Å². The van der Waals surface area contributed by atoms with Crippen LogP contribution < -0.4 is 10.1 Å². The Morgan fingerprint density at radius 2 is 2.38 bits per heavy atom. The van der Waals surface area contributed by atoms with Crippen LogP contribution in [0.1, 0.15) is 19.3 Å². The summed E-state index contributed by atoms with van der Waals surface area (Å²) in [5.74, 6) is 0.0837. The maximum absolute atomic E-state index is 12.9. The van der Waals surface area contributed by atoms with Gasteiger partial charge in [-0.3, -0.25) is 4.79 Å². The fourth-order valence-corrected chi connectivity index (χ4v) is 2.82. The van der Waals surface area contributed by atoms with Gasteiger partial charge in [0.1, 0.15) is 11.6 Å². The lowest BCUT2D eigenvalue weighted by Gasteiger charge is -2.24. The van der Waals surface area contributed by atoms with Crippen molar-refractivity contribution >= 4 is 17.5 Å². The van der Waals surface area contributed by atoms with E-state index in [1.54, 1.807) is 0 Å². The van der Waals surface area contributed by atoms with Crippen LogP contribution in [-0.2, 0) is 4.79 Å². The van der Waals surface area contributed by atoms with Crippen molar-refractivity contribution in [2.75, 3.05) is 26.7 Å². The number of halogens is 2. The molecule has 0 spiro atoms. The lowest BCUT2D eigenvalue weighted by molar-refractivity contribution is -0.132. The van der Waals surface area contributed by atoms with Crippen LogP contribution in [0.3, 0.4) is 0 Å². The fraction of sp³-hybridized carbons (Fsp3) is 0.533. The summed E-state index contributed by atoms with van der Waals surface area (Å²) in [4.78, 5) is 14.1. The highest BCUT2D eigenvalue weighted by Gasteiger charge is 2.27. The molecule has 2 rings (SSSR count). The summed E-state index contributed by atoms with van der Waals surface area (Å²) in [5.41, 5.74) is 0. The molecule has 1 aliphatic rings. The highest BCUT2D eigenvalue weighted by molar-refractivity contribution is 6.32. The van der Waals surface area contributed by atoms with Gasteiger partial charge < -0.3 is 15.0 Å². The van der Waals surface area contributed by atoms with E-state index in [0.717, 1.165) is 25.9 Å². The molecule has 1 aromatic carbocycles. The first-order valence-electron chi connectivity index (χ1n) is 7.13. The van der Waals surface area contributed by atoms with Crippen molar-refractivity contribution < 1.29 is 13.9 Å². The van der Waals surface area contributed by atoms with E-state index in [1.807, 2.05) is 11.9 Å². The van der Waals surface area contributed by atoms with E-state index in [2.05, 4.69) is 5.32 Å². The number of hydrogen-bond acceptors (Lipinski definition) is 3. The van der Waals surface area contributed by atoms with E-state index in [9.17, 15) is 9.18 Å². The maximum Gasteiger partial charge on any atom is 0.226 e. The van der Waals surface area contributed by atoms with Gasteiger partial charge in [0.05, 0.1) is 18.1 Å². The SMILES string of the molecule is CNC[C@H]1CCCN1C(=O)CCOc1ccc(F)cc1Cl. The molecule has 1 aliphatic heterocycles. The molecule has 0 unspecified atom stereocenters. The summed E-state index contributed by atoms with van der Waals surface area (Å²) in [7, 11) is 1.89. The van der Waals surface area contributed by atoms with Gasteiger partial charge >= 0.3 is 0 Å². The van der Waals surface area contributed by atoms with Crippen LogP contribution in [-0.4, -0.2) is 43.6 Å². The van der Waals surface area contributed by atoms with Crippen LogP contribution in [0.25, 0.3) is 0 Å². The van der Waals surface area contributed by atoms with Gasteiger partial charge in [-0.2, -0.15) is 0 Å². The molecule has 0 bridgehead atoms. The second-order valence-corrected chi connectivity index (χ2v) is 5.52. The highest BCUT2D eigenvalue weighted by Crippen LogP contribution is 2.25. The van der Waals surface area contributed by atoms with Crippen LogP contribution in [0.2, 0.25) is 5.02 Å². The molecule has 1 atom stereocenters. The number of carbonyl (C=O) groups excluding carboxylic acids is 1. The van der Waals surface area contributed by atoms with Crippen LogP contribution in [0.5, 0.6) is 5.75 Å². The van der Waals surface area contributed by atoms with Crippen molar-refractivity contribution in [3.05, 3.63) is 29.0 Å². The van der Waals surface area contributed by atoms with Crippen molar-refractivity contribution in [3.63, 3.8) is 0 Å². The number of amides is 1. The van der Waals surface area contributed by atoms with Crippen molar-refractivity contribution in [2.24, 2.45) is 0 Å². The third kappa shape index (κ3) is 4.32. The number of likely N-dealkylation sites (N-methyl/N-ethyl adjacent to an activating group) is 1. The van der Waals surface area contributed by atoms with Crippen molar-refractivity contribution in [1.82, 2.24) is 10.2 Å². The maximum atomic E-state index is 12.9. The quantitative estimate of drug-likeness (QED) is 0.877. The number of nitrogens with zero attached hydrogens (tertiary/aromatic N) is 1. The normalized spacial score (nSPS) is 18.0. The Hall–Kier alpha value is -1.33. The van der Waals surface area contributed by atoms with E-state index in [1.165, 1.54) is 18.2 Å². The van der Waals surface area contributed by atoms with Gasteiger partial charge in [0, 0.05) is 19.1 Å². The van der Waals surface area contributed by atoms with Gasteiger partial charge in [-0.25, -0.2) is 4.39 Å². The zero-order valence-electron chi connectivity index (χ0n) is 12.1. The van der Waals surface area contributed by atoms with Gasteiger partial charge in [0.2, 0.25) is 5.91 Å². The topological polar surface area (TPSA) is 41.6 Å². The summed E-state index contributed by atoms with van der Waals surface area (Å²) in [6.07, 6.45) is 2.38. The van der Waals surface area contributed by atoms with E-state index in [0.29, 0.717) is 12.2 Å². The van der Waals surface area contributed by atoms with Gasteiger partial charge in [0.25, 0.3) is 0 Å². The number of nitrogens with one attached hydrogen (secondary N) is 1. The molecule has 4 nitrogen and oxygen atoms in total. The average Bonchev–Trinajstić information content (AvgIpc) is 2.90. The minimum absolute atomic E-state index is 0.0889. The van der Waals surface area contributed by atoms with Gasteiger partial charge in [-0.1, -0.05) is 11.6 Å². The number of rotatable bonds is 6. The van der Waals surface area contributed by atoms with Crippen LogP contribution in [0.15, 0.2) is 18.2 Å². The first-order chi connectivity index (χ1) is 10.1. The summed E-state index contributed by atoms with van der Waals surface area (Å²) in [5, 5.41) is 3.33. The molecular formula is C15H20ClFN2O2. The monoisotopic (exact) mass is 314 g/mol. The van der Waals surface area contributed by atoms with Crippen LogP contribution in [0, 0.1) is 5.82 Å². The van der Waals surface area contributed by atoms with E-state index >= 15 is 0 Å². The smallest absolute Gasteiger partial charge is 0.226 e. The minimum atomic E-state index is -0.407. The lowest BCUT2D eigenvalue weighted by atomic mass is 10.2. The van der Waals surface area contributed by atoms with Gasteiger partial charge in [-0.15, -0.1) is 0 Å². The molecule has 0 aliphatic carbocycles. The molecule has 1 saturated heterocycles. The minimum Gasteiger partial charge on any atom is -0.491 e. The first-order valence-corrected chi connectivity index (χ1v) is 7.51. The Balaban J connectivity index is 1.81. The fourth-order valence-electron chi connectivity index (χ4n) is 2.60. The number of hydrogen-bond donors (Lipinski definition) is 1. The Morgan fingerprint density at radius 3 is 3.10 bits per heavy atom. The van der Waals surface area contributed by atoms with E-state index in [-0.39, 0.29) is 23.6 Å². The summed E-state index contributed by atoms with van der Waals surface area (Å²) < 4.78 is 18.4.